The summed E-state index contributed by atoms with van der Waals surface area (Å²) in [5, 5.41) is 8.25. The molecule has 2 heterocycles. The Morgan fingerprint density at radius 2 is 1.91 bits per heavy atom. The number of hydrogen-bond acceptors (Lipinski definition) is 4. The molecule has 3 amide bonds. The van der Waals surface area contributed by atoms with E-state index in [9.17, 15) is 9.59 Å². The molecule has 1 aliphatic heterocycles. The number of amides is 3. The van der Waals surface area contributed by atoms with Gasteiger partial charge in [0.1, 0.15) is 5.76 Å². The Kier molecular flexibility index (Phi) is 6.93. The Morgan fingerprint density at radius 3 is 2.57 bits per heavy atom. The minimum atomic E-state index is -0.232. The zero-order valence-electron chi connectivity index (χ0n) is 13.6. The molecule has 0 unspecified atom stereocenters. The van der Waals surface area contributed by atoms with E-state index in [1.807, 2.05) is 12.1 Å². The summed E-state index contributed by atoms with van der Waals surface area (Å²) in [5.41, 5.74) is 0. The molecular formula is C16H26N4O3. The third-order valence-electron chi connectivity index (χ3n) is 3.94. The van der Waals surface area contributed by atoms with E-state index in [-0.39, 0.29) is 18.0 Å². The quantitative estimate of drug-likeness (QED) is 0.659. The smallest absolute Gasteiger partial charge is 0.314 e. The number of nitrogens with zero attached hydrogens (tertiary/aromatic N) is 1. The van der Waals surface area contributed by atoms with Crippen LogP contribution in [0.5, 0.6) is 0 Å². The number of likely N-dealkylation sites (tertiary alicyclic amines) is 1. The zero-order chi connectivity index (χ0) is 16.5. The molecule has 2 rings (SSSR count). The lowest BCUT2D eigenvalue weighted by molar-refractivity contribution is -0.118. The van der Waals surface area contributed by atoms with Crippen molar-refractivity contribution in [2.75, 3.05) is 32.7 Å². The summed E-state index contributed by atoms with van der Waals surface area (Å²) in [6, 6.07) is 3.66. The van der Waals surface area contributed by atoms with E-state index in [0.29, 0.717) is 19.6 Å². The molecule has 1 aromatic rings. The molecule has 7 heteroatoms. The molecule has 0 spiro atoms. The summed E-state index contributed by atoms with van der Waals surface area (Å²) in [5.74, 6) is 0.778. The van der Waals surface area contributed by atoms with E-state index in [2.05, 4.69) is 20.9 Å². The van der Waals surface area contributed by atoms with Gasteiger partial charge in [0, 0.05) is 26.6 Å². The van der Waals surface area contributed by atoms with Crippen LogP contribution in [0.15, 0.2) is 22.8 Å². The van der Waals surface area contributed by atoms with Crippen LogP contribution in [0.1, 0.15) is 38.0 Å². The van der Waals surface area contributed by atoms with Crippen molar-refractivity contribution in [3.8, 4) is 0 Å². The van der Waals surface area contributed by atoms with E-state index in [1.54, 1.807) is 6.26 Å². The van der Waals surface area contributed by atoms with Crippen LogP contribution in [0.3, 0.4) is 0 Å². The molecule has 0 aliphatic carbocycles. The first-order valence-electron chi connectivity index (χ1n) is 8.20. The number of nitrogens with one attached hydrogen (secondary N) is 3. The topological polar surface area (TPSA) is 86.6 Å². The standard InChI is InChI=1S/C16H26N4O3/c1-13(21)17-7-8-18-16(22)19-12-14(15-6-5-11-23-15)20-9-3-2-4-10-20/h5-6,11,14H,2-4,7-10,12H2,1H3,(H,17,21)(H2,18,19,22)/t14-/m0/s1. The predicted octanol–water partition coefficient (Wildman–Crippen LogP) is 1.24. The van der Waals surface area contributed by atoms with Gasteiger partial charge in [0.15, 0.2) is 0 Å². The summed E-state index contributed by atoms with van der Waals surface area (Å²) in [6.45, 7) is 4.83. The first-order valence-corrected chi connectivity index (χ1v) is 8.20. The van der Waals surface area contributed by atoms with Gasteiger partial charge >= 0.3 is 6.03 Å². The number of rotatable bonds is 7. The summed E-state index contributed by atoms with van der Waals surface area (Å²) in [4.78, 5) is 25.0. The van der Waals surface area contributed by atoms with E-state index < -0.39 is 0 Å². The van der Waals surface area contributed by atoms with Crippen molar-refractivity contribution in [3.63, 3.8) is 0 Å². The fourth-order valence-corrected chi connectivity index (χ4v) is 2.79. The maximum Gasteiger partial charge on any atom is 0.314 e. The number of carbonyl (C=O) groups is 2. The van der Waals surface area contributed by atoms with Crippen molar-refractivity contribution in [1.82, 2.24) is 20.9 Å². The third-order valence-corrected chi connectivity index (χ3v) is 3.94. The molecule has 1 atom stereocenters. The molecule has 7 nitrogen and oxygen atoms in total. The highest BCUT2D eigenvalue weighted by molar-refractivity contribution is 5.74. The molecule has 3 N–H and O–H groups in total. The Hall–Kier alpha value is -2.02. The number of carbonyl (C=O) groups excluding carboxylic acids is 2. The highest BCUT2D eigenvalue weighted by Gasteiger charge is 2.24. The van der Waals surface area contributed by atoms with E-state index in [0.717, 1.165) is 18.8 Å². The Labute approximate surface area is 136 Å². The van der Waals surface area contributed by atoms with Crippen LogP contribution < -0.4 is 16.0 Å². The van der Waals surface area contributed by atoms with Gasteiger partial charge in [0.2, 0.25) is 5.91 Å². The van der Waals surface area contributed by atoms with E-state index in [1.165, 1.54) is 26.2 Å². The maximum absolute atomic E-state index is 11.9. The Balaban J connectivity index is 1.79. The first-order chi connectivity index (χ1) is 11.2. The minimum absolute atomic E-state index is 0.0615. The molecule has 1 fully saturated rings. The minimum Gasteiger partial charge on any atom is -0.468 e. The van der Waals surface area contributed by atoms with Gasteiger partial charge in [-0.15, -0.1) is 0 Å². The lowest BCUT2D eigenvalue weighted by atomic mass is 10.1. The third kappa shape index (κ3) is 5.94. The first kappa shape index (κ1) is 17.3. The number of furan rings is 1. The lowest BCUT2D eigenvalue weighted by Crippen LogP contribution is -2.45. The molecule has 0 radical (unpaired) electrons. The second kappa shape index (κ2) is 9.19. The van der Waals surface area contributed by atoms with Crippen molar-refractivity contribution < 1.29 is 14.0 Å². The van der Waals surface area contributed by atoms with Gasteiger partial charge in [-0.25, -0.2) is 4.79 Å². The largest absolute Gasteiger partial charge is 0.468 e. The molecule has 23 heavy (non-hydrogen) atoms. The summed E-state index contributed by atoms with van der Waals surface area (Å²) >= 11 is 0. The Morgan fingerprint density at radius 1 is 1.17 bits per heavy atom. The van der Waals surface area contributed by atoms with Crippen molar-refractivity contribution in [1.29, 1.82) is 0 Å². The van der Waals surface area contributed by atoms with Crippen molar-refractivity contribution in [2.45, 2.75) is 32.2 Å². The highest BCUT2D eigenvalue weighted by atomic mass is 16.3. The molecular weight excluding hydrogens is 296 g/mol. The molecule has 1 aromatic heterocycles. The summed E-state index contributed by atoms with van der Waals surface area (Å²) < 4.78 is 5.55. The molecule has 1 saturated heterocycles. The monoisotopic (exact) mass is 322 g/mol. The van der Waals surface area contributed by atoms with Crippen molar-refractivity contribution >= 4 is 11.9 Å². The second-order valence-corrected chi connectivity index (χ2v) is 5.75. The molecule has 0 saturated carbocycles. The van der Waals surface area contributed by atoms with Gasteiger partial charge < -0.3 is 20.4 Å². The van der Waals surface area contributed by atoms with Crippen LogP contribution in [0.2, 0.25) is 0 Å². The molecule has 0 aromatic carbocycles. The summed E-state index contributed by atoms with van der Waals surface area (Å²) in [7, 11) is 0. The van der Waals surface area contributed by atoms with Crippen LogP contribution in [-0.4, -0.2) is 49.6 Å². The van der Waals surface area contributed by atoms with Crippen LogP contribution in [0, 0.1) is 0 Å². The lowest BCUT2D eigenvalue weighted by Gasteiger charge is -2.33. The second-order valence-electron chi connectivity index (χ2n) is 5.75. The Bertz CT molecular complexity index is 484. The average Bonchev–Trinajstić information content (AvgIpc) is 3.07. The van der Waals surface area contributed by atoms with E-state index in [4.69, 9.17) is 4.42 Å². The zero-order valence-corrected chi connectivity index (χ0v) is 13.6. The van der Waals surface area contributed by atoms with Crippen molar-refractivity contribution in [3.05, 3.63) is 24.2 Å². The van der Waals surface area contributed by atoms with Crippen molar-refractivity contribution in [2.24, 2.45) is 0 Å². The average molecular weight is 322 g/mol. The number of piperidine rings is 1. The van der Waals surface area contributed by atoms with Gasteiger partial charge in [-0.1, -0.05) is 6.42 Å². The molecule has 1 aliphatic rings. The van der Waals surface area contributed by atoms with Crippen LogP contribution >= 0.6 is 0 Å². The predicted molar refractivity (Wildman–Crippen MR) is 87.0 cm³/mol. The van der Waals surface area contributed by atoms with Gasteiger partial charge in [-0.3, -0.25) is 9.69 Å². The van der Waals surface area contributed by atoms with Gasteiger partial charge in [-0.05, 0) is 38.1 Å². The van der Waals surface area contributed by atoms with Gasteiger partial charge in [0.05, 0.1) is 12.3 Å². The number of urea groups is 1. The van der Waals surface area contributed by atoms with Crippen LogP contribution in [0.25, 0.3) is 0 Å². The fraction of sp³-hybridized carbons (Fsp3) is 0.625. The van der Waals surface area contributed by atoms with Gasteiger partial charge in [0.25, 0.3) is 0 Å². The van der Waals surface area contributed by atoms with Crippen LogP contribution in [0.4, 0.5) is 4.79 Å². The van der Waals surface area contributed by atoms with Crippen LogP contribution in [-0.2, 0) is 4.79 Å². The van der Waals surface area contributed by atoms with Gasteiger partial charge in [-0.2, -0.15) is 0 Å². The van der Waals surface area contributed by atoms with E-state index >= 15 is 0 Å². The SMILES string of the molecule is CC(=O)NCCNC(=O)NC[C@@H](c1ccco1)N1CCCCC1. The maximum atomic E-state index is 11.9. The summed E-state index contributed by atoms with van der Waals surface area (Å²) in [6.07, 6.45) is 5.29. The number of hydrogen-bond donors (Lipinski definition) is 3. The molecule has 0 bridgehead atoms. The fourth-order valence-electron chi connectivity index (χ4n) is 2.79. The normalized spacial score (nSPS) is 16.6. The molecule has 128 valence electrons. The highest BCUT2D eigenvalue weighted by Crippen LogP contribution is 2.24.